The van der Waals surface area contributed by atoms with Crippen molar-refractivity contribution in [3.8, 4) is 0 Å². The van der Waals surface area contributed by atoms with E-state index in [0.29, 0.717) is 6.42 Å². The highest BCUT2D eigenvalue weighted by atomic mass is 16.4. The molecule has 0 heterocycles. The molecule has 0 saturated heterocycles. The second-order valence-electron chi connectivity index (χ2n) is 3.30. The number of nitrogens with one attached hydrogen (secondary N) is 1. The van der Waals surface area contributed by atoms with E-state index in [1.54, 1.807) is 0 Å². The predicted molar refractivity (Wildman–Crippen MR) is 55.1 cm³/mol. The first kappa shape index (κ1) is 12.7. The molecule has 1 amide bonds. The Labute approximate surface area is 84.4 Å². The lowest BCUT2D eigenvalue weighted by molar-refractivity contribution is -0.123. The monoisotopic (exact) mass is 201 g/mol. The van der Waals surface area contributed by atoms with Crippen LogP contribution in [-0.2, 0) is 4.79 Å². The summed E-state index contributed by atoms with van der Waals surface area (Å²) in [5.41, 5.74) is 5.38. The molecule has 0 aliphatic carbocycles. The van der Waals surface area contributed by atoms with E-state index in [1.807, 2.05) is 20.8 Å². The highest BCUT2D eigenvalue weighted by Crippen LogP contribution is 2.03. The largest absolute Gasteiger partial charge is 0.409 e. The van der Waals surface area contributed by atoms with Gasteiger partial charge in [-0.2, -0.15) is 0 Å². The zero-order valence-corrected chi connectivity index (χ0v) is 8.95. The van der Waals surface area contributed by atoms with Crippen LogP contribution in [0, 0.1) is 5.92 Å². The first-order valence-corrected chi connectivity index (χ1v) is 4.84. The number of hydrogen-bond acceptors (Lipinski definition) is 3. The Morgan fingerprint density at radius 2 is 2.07 bits per heavy atom. The van der Waals surface area contributed by atoms with Crippen molar-refractivity contribution in [3.63, 3.8) is 0 Å². The van der Waals surface area contributed by atoms with E-state index in [2.05, 4.69) is 10.5 Å². The van der Waals surface area contributed by atoms with Crippen LogP contribution in [0.4, 0.5) is 0 Å². The zero-order valence-electron chi connectivity index (χ0n) is 8.95. The van der Waals surface area contributed by atoms with Crippen LogP contribution in [-0.4, -0.2) is 23.0 Å². The summed E-state index contributed by atoms with van der Waals surface area (Å²) in [4.78, 5) is 11.6. The number of carbonyl (C=O) groups excluding carboxylic acids is 1. The molecule has 2 atom stereocenters. The van der Waals surface area contributed by atoms with Crippen molar-refractivity contribution in [2.45, 2.75) is 39.7 Å². The maximum atomic E-state index is 11.6. The minimum absolute atomic E-state index is 0.0340. The van der Waals surface area contributed by atoms with Crippen molar-refractivity contribution in [2.24, 2.45) is 16.8 Å². The molecule has 0 aromatic heterocycles. The zero-order chi connectivity index (χ0) is 11.1. The number of amidine groups is 1. The van der Waals surface area contributed by atoms with E-state index < -0.39 is 5.92 Å². The molecule has 0 aromatic rings. The molecular formula is C9H19N3O2. The van der Waals surface area contributed by atoms with E-state index in [0.717, 1.165) is 6.42 Å². The van der Waals surface area contributed by atoms with E-state index in [4.69, 9.17) is 10.9 Å². The smallest absolute Gasteiger partial charge is 0.231 e. The highest BCUT2D eigenvalue weighted by molar-refractivity contribution is 6.02. The number of oxime groups is 1. The minimum atomic E-state index is -0.533. The van der Waals surface area contributed by atoms with Crippen LogP contribution in [0.5, 0.6) is 0 Å². The van der Waals surface area contributed by atoms with Gasteiger partial charge in [-0.3, -0.25) is 4.79 Å². The first-order valence-electron chi connectivity index (χ1n) is 4.84. The summed E-state index contributed by atoms with van der Waals surface area (Å²) in [6.45, 7) is 5.71. The average Bonchev–Trinajstić information content (AvgIpc) is 2.18. The molecule has 0 aromatic carbocycles. The third kappa shape index (κ3) is 3.64. The Morgan fingerprint density at radius 3 is 2.43 bits per heavy atom. The molecule has 5 heteroatoms. The molecule has 82 valence electrons. The molecule has 0 radical (unpaired) electrons. The quantitative estimate of drug-likeness (QED) is 0.264. The fourth-order valence-electron chi connectivity index (χ4n) is 1.04. The molecule has 0 spiro atoms. The van der Waals surface area contributed by atoms with Crippen LogP contribution in [0.1, 0.15) is 33.6 Å². The molecule has 2 unspecified atom stereocenters. The predicted octanol–water partition coefficient (Wildman–Crippen LogP) is 0.674. The normalized spacial score (nSPS) is 16.1. The summed E-state index contributed by atoms with van der Waals surface area (Å²) in [6.07, 6.45) is 1.39. The van der Waals surface area contributed by atoms with Gasteiger partial charge in [-0.05, 0) is 19.8 Å². The van der Waals surface area contributed by atoms with Crippen LogP contribution in [0.25, 0.3) is 0 Å². The number of amides is 1. The lowest BCUT2D eigenvalue weighted by Gasteiger charge is -2.16. The second-order valence-corrected chi connectivity index (χ2v) is 3.30. The molecule has 0 aliphatic rings. The number of nitrogens with zero attached hydrogens (tertiary/aromatic N) is 1. The van der Waals surface area contributed by atoms with Crippen LogP contribution in [0.2, 0.25) is 0 Å². The molecule has 0 saturated carbocycles. The van der Waals surface area contributed by atoms with Crippen LogP contribution >= 0.6 is 0 Å². The van der Waals surface area contributed by atoms with Crippen molar-refractivity contribution >= 4 is 11.7 Å². The van der Waals surface area contributed by atoms with Gasteiger partial charge in [0, 0.05) is 6.04 Å². The van der Waals surface area contributed by atoms with Crippen LogP contribution < -0.4 is 11.1 Å². The summed E-state index contributed by atoms with van der Waals surface area (Å²) in [6, 6.07) is 0.114. The number of nitrogens with two attached hydrogens (primary N) is 1. The molecule has 5 nitrogen and oxygen atoms in total. The Balaban J connectivity index is 4.33. The van der Waals surface area contributed by atoms with Gasteiger partial charge >= 0.3 is 0 Å². The summed E-state index contributed by atoms with van der Waals surface area (Å²) in [7, 11) is 0. The van der Waals surface area contributed by atoms with Gasteiger partial charge in [0.1, 0.15) is 0 Å². The van der Waals surface area contributed by atoms with E-state index in [-0.39, 0.29) is 17.8 Å². The van der Waals surface area contributed by atoms with Gasteiger partial charge in [-0.15, -0.1) is 0 Å². The molecule has 0 rings (SSSR count). The SMILES string of the molecule is CCC(C)NC(=O)C(CC)C(N)=NO. The standard InChI is InChI=1S/C9H19N3O2/c1-4-6(3)11-9(13)7(5-2)8(10)12-14/h6-7,14H,4-5H2,1-3H3,(H2,10,12)(H,11,13). The van der Waals surface area contributed by atoms with E-state index in [9.17, 15) is 4.79 Å². The summed E-state index contributed by atoms with van der Waals surface area (Å²) in [5, 5.41) is 14.1. The van der Waals surface area contributed by atoms with Gasteiger partial charge in [0.05, 0.1) is 5.92 Å². The van der Waals surface area contributed by atoms with Crippen molar-refractivity contribution in [1.29, 1.82) is 0 Å². The Kier molecular flexibility index (Phi) is 5.67. The summed E-state index contributed by atoms with van der Waals surface area (Å²) < 4.78 is 0. The lowest BCUT2D eigenvalue weighted by atomic mass is 10.0. The third-order valence-electron chi connectivity index (χ3n) is 2.20. The number of hydrogen-bond donors (Lipinski definition) is 3. The van der Waals surface area contributed by atoms with Crippen molar-refractivity contribution in [3.05, 3.63) is 0 Å². The Morgan fingerprint density at radius 1 is 1.50 bits per heavy atom. The topological polar surface area (TPSA) is 87.7 Å². The van der Waals surface area contributed by atoms with Crippen LogP contribution in [0.15, 0.2) is 5.16 Å². The molecule has 4 N–H and O–H groups in total. The molecule has 0 aliphatic heterocycles. The van der Waals surface area contributed by atoms with Gasteiger partial charge in [0.2, 0.25) is 5.91 Å². The van der Waals surface area contributed by atoms with E-state index >= 15 is 0 Å². The Bertz CT molecular complexity index is 216. The molecule has 14 heavy (non-hydrogen) atoms. The fraction of sp³-hybridized carbons (Fsp3) is 0.778. The summed E-state index contributed by atoms with van der Waals surface area (Å²) >= 11 is 0. The van der Waals surface area contributed by atoms with Gasteiger partial charge in [0.25, 0.3) is 0 Å². The fourth-order valence-corrected chi connectivity index (χ4v) is 1.04. The van der Waals surface area contributed by atoms with Crippen molar-refractivity contribution < 1.29 is 10.0 Å². The molecule has 0 fully saturated rings. The van der Waals surface area contributed by atoms with Gasteiger partial charge in [-0.1, -0.05) is 19.0 Å². The second kappa shape index (κ2) is 6.23. The third-order valence-corrected chi connectivity index (χ3v) is 2.20. The Hall–Kier alpha value is -1.26. The van der Waals surface area contributed by atoms with Crippen LogP contribution in [0.3, 0.4) is 0 Å². The maximum absolute atomic E-state index is 11.6. The van der Waals surface area contributed by atoms with E-state index in [1.165, 1.54) is 0 Å². The number of carbonyl (C=O) groups is 1. The van der Waals surface area contributed by atoms with Gasteiger partial charge < -0.3 is 16.3 Å². The summed E-state index contributed by atoms with van der Waals surface area (Å²) in [5.74, 6) is -0.751. The van der Waals surface area contributed by atoms with Gasteiger partial charge in [0.15, 0.2) is 5.84 Å². The molecular weight excluding hydrogens is 182 g/mol. The van der Waals surface area contributed by atoms with Gasteiger partial charge in [-0.25, -0.2) is 0 Å². The average molecular weight is 201 g/mol. The van der Waals surface area contributed by atoms with Crippen molar-refractivity contribution in [2.75, 3.05) is 0 Å². The lowest BCUT2D eigenvalue weighted by Crippen LogP contribution is -2.42. The van der Waals surface area contributed by atoms with Crippen molar-refractivity contribution in [1.82, 2.24) is 5.32 Å². The molecule has 0 bridgehead atoms. The maximum Gasteiger partial charge on any atom is 0.231 e. The highest BCUT2D eigenvalue weighted by Gasteiger charge is 2.21. The minimum Gasteiger partial charge on any atom is -0.409 e. The first-order chi connectivity index (χ1) is 6.56. The number of rotatable bonds is 5.